The molecule has 0 unspecified atom stereocenters. The highest BCUT2D eigenvalue weighted by atomic mass is 32.2. The van der Waals surface area contributed by atoms with Gasteiger partial charge in [-0.25, -0.2) is 13.2 Å². The Bertz CT molecular complexity index is 502. The van der Waals surface area contributed by atoms with Crippen LogP contribution in [0.3, 0.4) is 0 Å². The monoisotopic (exact) mass is 259 g/mol. The Morgan fingerprint density at radius 2 is 2.12 bits per heavy atom. The van der Waals surface area contributed by atoms with Crippen LogP contribution in [0.2, 0.25) is 0 Å². The number of benzene rings is 1. The minimum atomic E-state index is -2.82. The summed E-state index contributed by atoms with van der Waals surface area (Å²) in [5, 5.41) is 9.67. The maximum atomic E-state index is 11.5. The van der Waals surface area contributed by atoms with Crippen molar-refractivity contribution in [3.8, 4) is 5.75 Å². The molecule has 7 heteroatoms. The van der Waals surface area contributed by atoms with Gasteiger partial charge in [-0.2, -0.15) is 0 Å². The van der Waals surface area contributed by atoms with Crippen molar-refractivity contribution in [2.24, 2.45) is 0 Å². The lowest BCUT2D eigenvalue weighted by Gasteiger charge is -2.09. The minimum absolute atomic E-state index is 0.0637. The first-order valence-electron chi connectivity index (χ1n) is 4.87. The number of nitrogens with one attached hydrogen (secondary N) is 1. The SMILES string of the molecule is CCOC(=O)c1cc(N[SH](=O)=O)cc(C)c1O. The van der Waals surface area contributed by atoms with Gasteiger partial charge in [0.2, 0.25) is 10.9 Å². The largest absolute Gasteiger partial charge is 0.507 e. The zero-order valence-corrected chi connectivity index (χ0v) is 10.3. The lowest BCUT2D eigenvalue weighted by molar-refractivity contribution is 0.0523. The van der Waals surface area contributed by atoms with Crippen molar-refractivity contribution in [2.45, 2.75) is 13.8 Å². The summed E-state index contributed by atoms with van der Waals surface area (Å²) in [5.74, 6) is -0.909. The number of aryl methyl sites for hydroxylation is 1. The molecule has 1 aromatic carbocycles. The molecule has 0 aliphatic heterocycles. The zero-order valence-electron chi connectivity index (χ0n) is 9.39. The normalized spacial score (nSPS) is 10.3. The van der Waals surface area contributed by atoms with E-state index < -0.39 is 16.9 Å². The van der Waals surface area contributed by atoms with Crippen molar-refractivity contribution in [3.63, 3.8) is 0 Å². The van der Waals surface area contributed by atoms with Crippen molar-refractivity contribution in [1.82, 2.24) is 0 Å². The molecule has 0 amide bonds. The van der Waals surface area contributed by atoms with Crippen molar-refractivity contribution < 1.29 is 23.1 Å². The molecule has 2 N–H and O–H groups in total. The summed E-state index contributed by atoms with van der Waals surface area (Å²) in [6, 6.07) is 2.65. The summed E-state index contributed by atoms with van der Waals surface area (Å²) < 4.78 is 27.9. The number of hydrogen-bond donors (Lipinski definition) is 3. The van der Waals surface area contributed by atoms with Gasteiger partial charge in [-0.1, -0.05) is 0 Å². The van der Waals surface area contributed by atoms with Crippen molar-refractivity contribution in [1.29, 1.82) is 0 Å². The molecule has 0 aromatic heterocycles. The van der Waals surface area contributed by atoms with Crippen LogP contribution in [0, 0.1) is 6.92 Å². The van der Waals surface area contributed by atoms with Gasteiger partial charge in [0.05, 0.1) is 6.61 Å². The fraction of sp³-hybridized carbons (Fsp3) is 0.300. The topological polar surface area (TPSA) is 92.7 Å². The van der Waals surface area contributed by atoms with E-state index in [-0.39, 0.29) is 23.6 Å². The number of hydrogen-bond acceptors (Lipinski definition) is 5. The third-order valence-corrected chi connectivity index (χ3v) is 2.46. The molecule has 0 aliphatic carbocycles. The summed E-state index contributed by atoms with van der Waals surface area (Å²) in [6.07, 6.45) is 0. The Kier molecular flexibility index (Phi) is 4.33. The van der Waals surface area contributed by atoms with Crippen molar-refractivity contribution in [2.75, 3.05) is 11.3 Å². The van der Waals surface area contributed by atoms with Crippen LogP contribution >= 0.6 is 0 Å². The Hall–Kier alpha value is -1.76. The average Bonchev–Trinajstić information content (AvgIpc) is 2.22. The summed E-state index contributed by atoms with van der Waals surface area (Å²) in [4.78, 5) is 11.5. The van der Waals surface area contributed by atoms with Gasteiger partial charge < -0.3 is 9.84 Å². The van der Waals surface area contributed by atoms with Crippen LogP contribution in [0.15, 0.2) is 12.1 Å². The highest BCUT2D eigenvalue weighted by molar-refractivity contribution is 7.73. The molecule has 1 rings (SSSR count). The molecule has 0 saturated heterocycles. The Morgan fingerprint density at radius 1 is 1.47 bits per heavy atom. The summed E-state index contributed by atoms with van der Waals surface area (Å²) in [7, 11) is -2.82. The number of phenols is 1. The molecule has 0 aliphatic rings. The van der Waals surface area contributed by atoms with Crippen LogP contribution in [-0.4, -0.2) is 26.1 Å². The maximum Gasteiger partial charge on any atom is 0.341 e. The number of phenolic OH excluding ortho intramolecular Hbond substituents is 1. The second-order valence-corrected chi connectivity index (χ2v) is 4.02. The van der Waals surface area contributed by atoms with E-state index in [1.54, 1.807) is 13.8 Å². The van der Waals surface area contributed by atoms with Crippen molar-refractivity contribution >= 4 is 22.5 Å². The maximum absolute atomic E-state index is 11.5. The molecule has 0 atom stereocenters. The van der Waals surface area contributed by atoms with Gasteiger partial charge in [0.25, 0.3) is 0 Å². The highest BCUT2D eigenvalue weighted by Crippen LogP contribution is 2.27. The van der Waals surface area contributed by atoms with Gasteiger partial charge in [0.1, 0.15) is 11.3 Å². The molecule has 17 heavy (non-hydrogen) atoms. The van der Waals surface area contributed by atoms with E-state index in [2.05, 4.69) is 4.72 Å². The lowest BCUT2D eigenvalue weighted by atomic mass is 10.1. The molecule has 0 saturated carbocycles. The summed E-state index contributed by atoms with van der Waals surface area (Å²) in [5.41, 5.74) is 0.528. The Labute approximate surface area is 100 Å². The van der Waals surface area contributed by atoms with Gasteiger partial charge >= 0.3 is 5.97 Å². The quantitative estimate of drug-likeness (QED) is 0.423. The van der Waals surface area contributed by atoms with Crippen LogP contribution in [0.4, 0.5) is 5.69 Å². The number of esters is 1. The smallest absolute Gasteiger partial charge is 0.341 e. The number of anilines is 1. The predicted molar refractivity (Wildman–Crippen MR) is 62.7 cm³/mol. The van der Waals surface area contributed by atoms with Crippen LogP contribution in [0.5, 0.6) is 5.75 Å². The van der Waals surface area contributed by atoms with Crippen LogP contribution in [-0.2, 0) is 15.6 Å². The highest BCUT2D eigenvalue weighted by Gasteiger charge is 2.15. The zero-order chi connectivity index (χ0) is 13.0. The molecule has 0 heterocycles. The predicted octanol–water partition coefficient (Wildman–Crippen LogP) is 0.816. The Balaban J connectivity index is 3.19. The molecular formula is C10H13NO5S. The van der Waals surface area contributed by atoms with Crippen LogP contribution in [0.25, 0.3) is 0 Å². The number of carbonyl (C=O) groups is 1. The second-order valence-electron chi connectivity index (χ2n) is 3.28. The first kappa shape index (κ1) is 13.3. The number of carbonyl (C=O) groups excluding carboxylic acids is 1. The van der Waals surface area contributed by atoms with Crippen LogP contribution < -0.4 is 4.72 Å². The number of thiol groups is 1. The fourth-order valence-electron chi connectivity index (χ4n) is 1.31. The molecule has 0 radical (unpaired) electrons. The number of ether oxygens (including phenoxy) is 1. The van der Waals surface area contributed by atoms with E-state index in [4.69, 9.17) is 4.74 Å². The third-order valence-electron chi connectivity index (χ3n) is 2.02. The van der Waals surface area contributed by atoms with Crippen molar-refractivity contribution in [3.05, 3.63) is 23.3 Å². The first-order chi connectivity index (χ1) is 7.95. The van der Waals surface area contributed by atoms with E-state index in [9.17, 15) is 18.3 Å². The number of rotatable bonds is 4. The van der Waals surface area contributed by atoms with Gasteiger partial charge in [-0.05, 0) is 31.5 Å². The molecule has 94 valence electrons. The standard InChI is InChI=1S/C10H13NO5S/c1-3-16-10(13)8-5-7(11-17(14)15)4-6(2)9(8)12/h4-5,12,17H,3H2,1-2H3,(H,11,14,15). The van der Waals surface area contributed by atoms with Crippen LogP contribution in [0.1, 0.15) is 22.8 Å². The fourth-order valence-corrected chi connectivity index (χ4v) is 1.65. The van der Waals surface area contributed by atoms with E-state index in [1.165, 1.54) is 12.1 Å². The molecule has 1 aromatic rings. The van der Waals surface area contributed by atoms with E-state index in [0.717, 1.165) is 0 Å². The Morgan fingerprint density at radius 3 is 2.65 bits per heavy atom. The minimum Gasteiger partial charge on any atom is -0.507 e. The summed E-state index contributed by atoms with van der Waals surface area (Å²) in [6.45, 7) is 3.37. The third kappa shape index (κ3) is 3.35. The van der Waals surface area contributed by atoms with Gasteiger partial charge in [-0.15, -0.1) is 0 Å². The van der Waals surface area contributed by atoms with Gasteiger partial charge in [-0.3, -0.25) is 4.72 Å². The number of aromatic hydroxyl groups is 1. The van der Waals surface area contributed by atoms with E-state index in [1.807, 2.05) is 0 Å². The molecular weight excluding hydrogens is 246 g/mol. The molecule has 0 spiro atoms. The average molecular weight is 259 g/mol. The first-order valence-corrected chi connectivity index (χ1v) is 6.05. The lowest BCUT2D eigenvalue weighted by Crippen LogP contribution is -2.07. The van der Waals surface area contributed by atoms with Gasteiger partial charge in [0.15, 0.2) is 0 Å². The molecule has 0 bridgehead atoms. The molecule has 6 nitrogen and oxygen atoms in total. The summed E-state index contributed by atoms with van der Waals surface area (Å²) >= 11 is 0. The van der Waals surface area contributed by atoms with E-state index in [0.29, 0.717) is 5.56 Å². The van der Waals surface area contributed by atoms with Gasteiger partial charge in [0, 0.05) is 5.69 Å². The second kappa shape index (κ2) is 5.53. The van der Waals surface area contributed by atoms with E-state index >= 15 is 0 Å². The molecule has 0 fully saturated rings.